The molecule has 0 radical (unpaired) electrons. The van der Waals surface area contributed by atoms with E-state index in [9.17, 15) is 9.18 Å². The van der Waals surface area contributed by atoms with Gasteiger partial charge in [-0.05, 0) is 31.7 Å². The zero-order chi connectivity index (χ0) is 17.7. The molecule has 2 aliphatic heterocycles. The van der Waals surface area contributed by atoms with Gasteiger partial charge in [-0.1, -0.05) is 0 Å². The number of carbonyl (C=O) groups excluding carboxylic acids is 1. The summed E-state index contributed by atoms with van der Waals surface area (Å²) in [7, 11) is 0. The van der Waals surface area contributed by atoms with Gasteiger partial charge in [-0.25, -0.2) is 9.50 Å². The molecule has 26 heavy (non-hydrogen) atoms. The number of piperidine rings is 1. The average molecular weight is 357 g/mol. The lowest BCUT2D eigenvalue weighted by Gasteiger charge is -2.37. The van der Waals surface area contributed by atoms with Crippen LogP contribution in [0.25, 0.3) is 5.52 Å². The zero-order valence-corrected chi connectivity index (χ0v) is 14.9. The second-order valence-corrected chi connectivity index (χ2v) is 7.91. The monoisotopic (exact) mass is 357 g/mol. The highest BCUT2D eigenvalue weighted by atomic mass is 19.1. The first kappa shape index (κ1) is 16.0. The summed E-state index contributed by atoms with van der Waals surface area (Å²) >= 11 is 0. The first-order valence-electron chi connectivity index (χ1n) is 9.67. The molecule has 0 bridgehead atoms. The minimum absolute atomic E-state index is 0.108. The van der Waals surface area contributed by atoms with Crippen molar-refractivity contribution < 1.29 is 9.18 Å². The molecular weight excluding hydrogens is 333 g/mol. The largest absolute Gasteiger partial charge is 0.355 e. The van der Waals surface area contributed by atoms with Gasteiger partial charge in [0, 0.05) is 56.3 Å². The van der Waals surface area contributed by atoms with Crippen molar-refractivity contribution in [2.45, 2.75) is 44.1 Å². The Morgan fingerprint density at radius 1 is 1.19 bits per heavy atom. The van der Waals surface area contributed by atoms with E-state index in [4.69, 9.17) is 5.10 Å². The van der Waals surface area contributed by atoms with Crippen molar-refractivity contribution >= 4 is 17.2 Å². The Balaban J connectivity index is 1.31. The van der Waals surface area contributed by atoms with Crippen molar-refractivity contribution in [2.75, 3.05) is 31.2 Å². The van der Waals surface area contributed by atoms with E-state index in [1.807, 2.05) is 21.8 Å². The number of amides is 1. The van der Waals surface area contributed by atoms with Gasteiger partial charge in [-0.2, -0.15) is 5.10 Å². The summed E-state index contributed by atoms with van der Waals surface area (Å²) in [6, 6.07) is 2.42. The Kier molecular flexibility index (Phi) is 3.83. The van der Waals surface area contributed by atoms with Gasteiger partial charge in [-0.3, -0.25) is 9.18 Å². The Labute approximate surface area is 152 Å². The van der Waals surface area contributed by atoms with Gasteiger partial charge in [0.2, 0.25) is 5.91 Å². The van der Waals surface area contributed by atoms with Crippen LogP contribution in [0.5, 0.6) is 0 Å². The van der Waals surface area contributed by atoms with Gasteiger partial charge >= 0.3 is 0 Å². The number of rotatable bonds is 4. The van der Waals surface area contributed by atoms with Crippen molar-refractivity contribution in [1.29, 1.82) is 0 Å². The van der Waals surface area contributed by atoms with Gasteiger partial charge in [0.15, 0.2) is 5.82 Å². The molecule has 138 valence electrons. The minimum atomic E-state index is -0.391. The molecule has 6 nitrogen and oxygen atoms in total. The molecule has 1 aliphatic carbocycles. The highest BCUT2D eigenvalue weighted by molar-refractivity contribution is 5.79. The van der Waals surface area contributed by atoms with Gasteiger partial charge in [-0.15, -0.1) is 0 Å². The fraction of sp³-hybridized carbons (Fsp3) is 0.632. The van der Waals surface area contributed by atoms with E-state index in [0.717, 1.165) is 37.3 Å². The predicted molar refractivity (Wildman–Crippen MR) is 96.0 cm³/mol. The maximum absolute atomic E-state index is 12.9. The van der Waals surface area contributed by atoms with Crippen LogP contribution in [0.1, 0.15) is 43.7 Å². The molecule has 1 atom stereocenters. The third-order valence-electron chi connectivity index (χ3n) is 6.05. The van der Waals surface area contributed by atoms with Crippen molar-refractivity contribution in [2.24, 2.45) is 5.92 Å². The van der Waals surface area contributed by atoms with E-state index in [2.05, 4.69) is 16.0 Å². The first-order valence-corrected chi connectivity index (χ1v) is 9.67. The molecule has 0 spiro atoms. The number of likely N-dealkylation sites (tertiary alicyclic amines) is 1. The van der Waals surface area contributed by atoms with Crippen LogP contribution in [0.4, 0.5) is 10.2 Å². The molecule has 2 aromatic heterocycles. The molecule has 4 heterocycles. The Hall–Kier alpha value is -2.18. The van der Waals surface area contributed by atoms with Gasteiger partial charge < -0.3 is 9.80 Å². The molecule has 0 aromatic carbocycles. The number of hydrogen-bond acceptors (Lipinski definition) is 4. The van der Waals surface area contributed by atoms with Crippen LogP contribution >= 0.6 is 0 Å². The van der Waals surface area contributed by atoms with Crippen LogP contribution in [0.3, 0.4) is 0 Å². The number of aromatic nitrogens is 3. The lowest BCUT2D eigenvalue weighted by Crippen LogP contribution is -2.46. The molecule has 1 saturated carbocycles. The lowest BCUT2D eigenvalue weighted by molar-refractivity contribution is -0.130. The molecule has 5 rings (SSSR count). The van der Waals surface area contributed by atoms with Gasteiger partial charge in [0.1, 0.15) is 5.52 Å². The van der Waals surface area contributed by atoms with E-state index in [0.29, 0.717) is 18.9 Å². The number of nitrogens with zero attached hydrogens (tertiary/aromatic N) is 5. The second kappa shape index (κ2) is 6.21. The summed E-state index contributed by atoms with van der Waals surface area (Å²) in [6.07, 6.45) is 8.40. The van der Waals surface area contributed by atoms with Crippen LogP contribution < -0.4 is 4.90 Å². The topological polar surface area (TPSA) is 53.7 Å². The number of fused-ring (bicyclic) bond motifs is 1. The van der Waals surface area contributed by atoms with E-state index >= 15 is 0 Å². The molecule has 0 N–H and O–H groups in total. The fourth-order valence-corrected chi connectivity index (χ4v) is 4.40. The summed E-state index contributed by atoms with van der Waals surface area (Å²) in [5.74, 6) is 1.62. The van der Waals surface area contributed by atoms with Crippen LogP contribution in [0, 0.1) is 5.92 Å². The van der Waals surface area contributed by atoms with Gasteiger partial charge in [0.05, 0.1) is 12.4 Å². The molecular formula is C19H24FN5O. The maximum Gasteiger partial charge on any atom is 0.223 e. The predicted octanol–water partition coefficient (Wildman–Crippen LogP) is 2.39. The van der Waals surface area contributed by atoms with Crippen molar-refractivity contribution in [3.05, 3.63) is 24.2 Å². The SMILES string of the molecule is O=C1CC(CF)CN1C1CCN(c2nccn3nc(C4CC4)cc23)CC1. The third kappa shape index (κ3) is 2.73. The minimum Gasteiger partial charge on any atom is -0.355 e. The average Bonchev–Trinajstić information content (AvgIpc) is 3.32. The first-order chi connectivity index (χ1) is 12.7. The zero-order valence-electron chi connectivity index (χ0n) is 14.9. The Morgan fingerprint density at radius 2 is 2.00 bits per heavy atom. The lowest BCUT2D eigenvalue weighted by atomic mass is 10.0. The Morgan fingerprint density at radius 3 is 2.69 bits per heavy atom. The summed E-state index contributed by atoms with van der Waals surface area (Å²) in [6.45, 7) is 1.93. The number of halogens is 1. The standard InChI is InChI=1S/C19H24FN5O/c20-11-13-9-18(26)24(12-13)15-3-6-23(7-4-15)19-17-10-16(14-1-2-14)22-25(17)8-5-21-19/h5,8,10,13-15H,1-4,6-7,9,11-12H2. The number of alkyl halides is 1. The normalized spacial score (nSPS) is 24.8. The second-order valence-electron chi connectivity index (χ2n) is 7.91. The summed E-state index contributed by atoms with van der Waals surface area (Å²) < 4.78 is 14.8. The summed E-state index contributed by atoms with van der Waals surface area (Å²) in [5.41, 5.74) is 2.25. The van der Waals surface area contributed by atoms with Crippen LogP contribution in [-0.2, 0) is 4.79 Å². The maximum atomic E-state index is 12.9. The molecule has 2 saturated heterocycles. The molecule has 3 fully saturated rings. The van der Waals surface area contributed by atoms with Gasteiger partial charge in [0.25, 0.3) is 0 Å². The molecule has 7 heteroatoms. The quantitative estimate of drug-likeness (QED) is 0.843. The molecule has 1 unspecified atom stereocenters. The van der Waals surface area contributed by atoms with E-state index in [-0.39, 0.29) is 17.9 Å². The van der Waals surface area contributed by atoms with E-state index in [1.165, 1.54) is 18.5 Å². The van der Waals surface area contributed by atoms with E-state index in [1.54, 1.807) is 0 Å². The van der Waals surface area contributed by atoms with Crippen molar-refractivity contribution in [3.8, 4) is 0 Å². The summed E-state index contributed by atoms with van der Waals surface area (Å²) in [4.78, 5) is 21.0. The number of anilines is 1. The number of hydrogen-bond donors (Lipinski definition) is 0. The molecule has 3 aliphatic rings. The van der Waals surface area contributed by atoms with Crippen molar-refractivity contribution in [3.63, 3.8) is 0 Å². The van der Waals surface area contributed by atoms with E-state index < -0.39 is 6.67 Å². The van der Waals surface area contributed by atoms with Crippen LogP contribution in [0.15, 0.2) is 18.5 Å². The fourth-order valence-electron chi connectivity index (χ4n) is 4.40. The third-order valence-corrected chi connectivity index (χ3v) is 6.05. The molecule has 1 amide bonds. The highest BCUT2D eigenvalue weighted by Crippen LogP contribution is 2.40. The summed E-state index contributed by atoms with van der Waals surface area (Å²) in [5, 5.41) is 4.70. The Bertz CT molecular complexity index is 824. The smallest absolute Gasteiger partial charge is 0.223 e. The highest BCUT2D eigenvalue weighted by Gasteiger charge is 2.36. The number of carbonyl (C=O) groups is 1. The van der Waals surface area contributed by atoms with Crippen molar-refractivity contribution in [1.82, 2.24) is 19.5 Å². The molecule has 2 aromatic rings. The van der Waals surface area contributed by atoms with Crippen LogP contribution in [-0.4, -0.2) is 57.8 Å². The van der Waals surface area contributed by atoms with Crippen LogP contribution in [0.2, 0.25) is 0 Å².